The highest BCUT2D eigenvalue weighted by molar-refractivity contribution is 6.00. The van der Waals surface area contributed by atoms with E-state index in [0.29, 0.717) is 0 Å². The number of Topliss-reactive ketones (excluding diaryl/α,β-unsaturated/α-hetero) is 1. The molecule has 0 amide bonds. The van der Waals surface area contributed by atoms with Crippen molar-refractivity contribution in [2.24, 2.45) is 5.41 Å². The van der Waals surface area contributed by atoms with E-state index < -0.39 is 0 Å². The van der Waals surface area contributed by atoms with Crippen molar-refractivity contribution in [3.8, 4) is 0 Å². The Kier molecular flexibility index (Phi) is 3.40. The Morgan fingerprint density at radius 3 is 1.95 bits per heavy atom. The fourth-order valence-corrected chi connectivity index (χ4v) is 3.16. The third-order valence-electron chi connectivity index (χ3n) is 4.80. The number of fused-ring (bicyclic) bond motifs is 1. The zero-order valence-corrected chi connectivity index (χ0v) is 14.1. The van der Waals surface area contributed by atoms with E-state index in [-0.39, 0.29) is 22.0 Å². The molecule has 0 radical (unpaired) electrons. The van der Waals surface area contributed by atoms with Gasteiger partial charge in [0.25, 0.3) is 0 Å². The lowest BCUT2D eigenvalue weighted by Crippen LogP contribution is -2.34. The van der Waals surface area contributed by atoms with Crippen LogP contribution in [0.1, 0.15) is 82.8 Å². The molecule has 1 aliphatic carbocycles. The number of rotatable bonds is 1. The second-order valence-electron chi connectivity index (χ2n) is 8.61. The number of carbonyl (C=O) groups excluding carboxylic acids is 1. The van der Waals surface area contributed by atoms with Gasteiger partial charge in [-0.25, -0.2) is 0 Å². The standard InChI is InChI=1S/C19H28O/c1-17(2,3)16(20)13-8-9-14-15(12-13)19(6,7)11-10-18(14,4)5/h8-9,12H,10-11H2,1-7H3. The van der Waals surface area contributed by atoms with Gasteiger partial charge in [0.05, 0.1) is 0 Å². The van der Waals surface area contributed by atoms with Gasteiger partial charge in [-0.1, -0.05) is 60.6 Å². The Bertz CT molecular complexity index is 541. The van der Waals surface area contributed by atoms with Crippen molar-refractivity contribution in [2.45, 2.75) is 72.1 Å². The van der Waals surface area contributed by atoms with Crippen molar-refractivity contribution in [2.75, 3.05) is 0 Å². The first-order valence-corrected chi connectivity index (χ1v) is 7.65. The lowest BCUT2D eigenvalue weighted by atomic mass is 9.62. The van der Waals surface area contributed by atoms with Crippen LogP contribution in [0.2, 0.25) is 0 Å². The predicted molar refractivity (Wildman–Crippen MR) is 85.5 cm³/mol. The van der Waals surface area contributed by atoms with Gasteiger partial charge >= 0.3 is 0 Å². The van der Waals surface area contributed by atoms with Crippen LogP contribution >= 0.6 is 0 Å². The van der Waals surface area contributed by atoms with E-state index in [9.17, 15) is 4.79 Å². The molecule has 0 aromatic heterocycles. The van der Waals surface area contributed by atoms with Gasteiger partial charge in [-0.2, -0.15) is 0 Å². The molecule has 0 saturated heterocycles. The predicted octanol–water partition coefficient (Wildman–Crippen LogP) is 5.26. The summed E-state index contributed by atoms with van der Waals surface area (Å²) in [6.45, 7) is 15.2. The number of ketones is 1. The molecule has 0 unspecified atom stereocenters. The molecule has 1 aromatic rings. The van der Waals surface area contributed by atoms with E-state index in [1.807, 2.05) is 26.8 Å². The number of hydrogen-bond donors (Lipinski definition) is 0. The van der Waals surface area contributed by atoms with E-state index in [1.165, 1.54) is 24.0 Å². The molecule has 0 fully saturated rings. The van der Waals surface area contributed by atoms with Crippen LogP contribution in [0.3, 0.4) is 0 Å². The fraction of sp³-hybridized carbons (Fsp3) is 0.632. The summed E-state index contributed by atoms with van der Waals surface area (Å²) >= 11 is 0. The van der Waals surface area contributed by atoms with E-state index in [4.69, 9.17) is 0 Å². The Morgan fingerprint density at radius 2 is 1.45 bits per heavy atom. The minimum absolute atomic E-state index is 0.166. The highest BCUT2D eigenvalue weighted by Crippen LogP contribution is 2.46. The van der Waals surface area contributed by atoms with Crippen LogP contribution in [-0.4, -0.2) is 5.78 Å². The van der Waals surface area contributed by atoms with Gasteiger partial charge in [0, 0.05) is 11.0 Å². The Morgan fingerprint density at radius 1 is 0.950 bits per heavy atom. The average Bonchev–Trinajstić information content (AvgIpc) is 2.33. The van der Waals surface area contributed by atoms with Gasteiger partial charge in [0.2, 0.25) is 0 Å². The quantitative estimate of drug-likeness (QED) is 0.637. The molecule has 20 heavy (non-hydrogen) atoms. The fourth-order valence-electron chi connectivity index (χ4n) is 3.16. The summed E-state index contributed by atoms with van der Waals surface area (Å²) < 4.78 is 0. The summed E-state index contributed by atoms with van der Waals surface area (Å²) in [5.74, 6) is 0.236. The maximum atomic E-state index is 12.5. The van der Waals surface area contributed by atoms with Crippen LogP contribution < -0.4 is 0 Å². The van der Waals surface area contributed by atoms with Gasteiger partial charge in [-0.05, 0) is 40.9 Å². The molecule has 2 rings (SSSR count). The summed E-state index contributed by atoms with van der Waals surface area (Å²) in [4.78, 5) is 12.5. The second kappa shape index (κ2) is 4.44. The van der Waals surface area contributed by atoms with Crippen molar-refractivity contribution >= 4 is 5.78 Å². The minimum atomic E-state index is -0.317. The largest absolute Gasteiger partial charge is 0.294 e. The Balaban J connectivity index is 2.57. The van der Waals surface area contributed by atoms with Crippen LogP contribution in [0, 0.1) is 5.41 Å². The normalized spacial score (nSPS) is 20.4. The van der Waals surface area contributed by atoms with Gasteiger partial charge in [0.15, 0.2) is 5.78 Å². The highest BCUT2D eigenvalue weighted by Gasteiger charge is 2.37. The molecular formula is C19H28O. The Hall–Kier alpha value is -1.11. The molecule has 0 spiro atoms. The first-order valence-electron chi connectivity index (χ1n) is 7.65. The molecule has 0 heterocycles. The molecule has 1 aliphatic rings. The summed E-state index contributed by atoms with van der Waals surface area (Å²) in [7, 11) is 0. The topological polar surface area (TPSA) is 17.1 Å². The van der Waals surface area contributed by atoms with Crippen LogP contribution in [0.15, 0.2) is 18.2 Å². The van der Waals surface area contributed by atoms with Crippen LogP contribution in [0.5, 0.6) is 0 Å². The molecule has 0 atom stereocenters. The maximum absolute atomic E-state index is 12.5. The third kappa shape index (κ3) is 2.55. The van der Waals surface area contributed by atoms with E-state index in [0.717, 1.165) is 5.56 Å². The lowest BCUT2D eigenvalue weighted by Gasteiger charge is -2.42. The van der Waals surface area contributed by atoms with Crippen LogP contribution in [0.25, 0.3) is 0 Å². The zero-order valence-electron chi connectivity index (χ0n) is 14.1. The third-order valence-corrected chi connectivity index (χ3v) is 4.80. The number of hydrogen-bond acceptors (Lipinski definition) is 1. The van der Waals surface area contributed by atoms with Crippen molar-refractivity contribution in [3.05, 3.63) is 34.9 Å². The molecule has 0 saturated carbocycles. The molecule has 110 valence electrons. The molecule has 0 bridgehead atoms. The van der Waals surface area contributed by atoms with Crippen molar-refractivity contribution < 1.29 is 4.79 Å². The highest BCUT2D eigenvalue weighted by atomic mass is 16.1. The molecule has 1 nitrogen and oxygen atoms in total. The van der Waals surface area contributed by atoms with Crippen molar-refractivity contribution in [3.63, 3.8) is 0 Å². The summed E-state index contributed by atoms with van der Waals surface area (Å²) in [6, 6.07) is 6.37. The monoisotopic (exact) mass is 272 g/mol. The second-order valence-corrected chi connectivity index (χ2v) is 8.61. The molecule has 1 heteroatoms. The molecule has 1 aromatic carbocycles. The smallest absolute Gasteiger partial charge is 0.168 e. The van der Waals surface area contributed by atoms with Crippen molar-refractivity contribution in [1.29, 1.82) is 0 Å². The van der Waals surface area contributed by atoms with E-state index >= 15 is 0 Å². The number of carbonyl (C=O) groups is 1. The van der Waals surface area contributed by atoms with Gasteiger partial charge in [0.1, 0.15) is 0 Å². The lowest BCUT2D eigenvalue weighted by molar-refractivity contribution is 0.0858. The SMILES string of the molecule is CC(C)(C)C(=O)c1ccc2c(c1)C(C)(C)CCC2(C)C. The maximum Gasteiger partial charge on any atom is 0.168 e. The summed E-state index contributed by atoms with van der Waals surface area (Å²) in [5, 5.41) is 0. The van der Waals surface area contributed by atoms with E-state index in [1.54, 1.807) is 0 Å². The molecule has 0 aliphatic heterocycles. The first-order chi connectivity index (χ1) is 8.95. The molecule has 0 N–H and O–H groups in total. The first kappa shape index (κ1) is 15.3. The van der Waals surface area contributed by atoms with Crippen molar-refractivity contribution in [1.82, 2.24) is 0 Å². The average molecular weight is 272 g/mol. The molecular weight excluding hydrogens is 244 g/mol. The van der Waals surface area contributed by atoms with Gasteiger partial charge in [-0.15, -0.1) is 0 Å². The zero-order chi connectivity index (χ0) is 15.3. The summed E-state index contributed by atoms with van der Waals surface area (Å²) in [6.07, 6.45) is 2.39. The number of benzene rings is 1. The minimum Gasteiger partial charge on any atom is -0.294 e. The van der Waals surface area contributed by atoms with Gasteiger partial charge in [-0.3, -0.25) is 4.79 Å². The summed E-state index contributed by atoms with van der Waals surface area (Å²) in [5.41, 5.74) is 3.71. The van der Waals surface area contributed by atoms with Gasteiger partial charge < -0.3 is 0 Å². The van der Waals surface area contributed by atoms with Crippen LogP contribution in [0.4, 0.5) is 0 Å². The van der Waals surface area contributed by atoms with E-state index in [2.05, 4.69) is 39.8 Å². The Labute approximate surface area is 123 Å². The van der Waals surface area contributed by atoms with Crippen LogP contribution in [-0.2, 0) is 10.8 Å².